The number of rotatable bonds is 10. The molecule has 0 aliphatic heterocycles. The predicted molar refractivity (Wildman–Crippen MR) is 105 cm³/mol. The van der Waals surface area contributed by atoms with Crippen LogP contribution in [0.2, 0.25) is 0 Å². The number of carbonyl (C=O) groups excluding carboxylic acids is 1. The molecule has 1 aromatic heterocycles. The zero-order chi connectivity index (χ0) is 19.8. The van der Waals surface area contributed by atoms with Crippen LogP contribution in [0.3, 0.4) is 0 Å². The summed E-state index contributed by atoms with van der Waals surface area (Å²) in [6.45, 7) is 2.06. The molecule has 1 unspecified atom stereocenters. The number of carbonyl (C=O) groups is 2. The zero-order valence-corrected chi connectivity index (χ0v) is 16.6. The van der Waals surface area contributed by atoms with Gasteiger partial charge in [0.2, 0.25) is 5.91 Å². The molecule has 1 amide bonds. The Kier molecular flexibility index (Phi) is 7.67. The number of hydrogen-bond donors (Lipinski definition) is 2. The second-order valence-corrected chi connectivity index (χ2v) is 7.57. The summed E-state index contributed by atoms with van der Waals surface area (Å²) in [6.07, 6.45) is 1.70. The highest BCUT2D eigenvalue weighted by molar-refractivity contribution is 7.11. The van der Waals surface area contributed by atoms with Crippen molar-refractivity contribution >= 4 is 23.2 Å². The molecular formula is C20H25NO5S. The lowest BCUT2D eigenvalue weighted by atomic mass is 10.0. The van der Waals surface area contributed by atoms with Crippen molar-refractivity contribution in [2.75, 3.05) is 14.2 Å². The maximum Gasteiger partial charge on any atom is 0.305 e. The number of aryl methyl sites for hydroxylation is 2. The van der Waals surface area contributed by atoms with E-state index in [2.05, 4.69) is 24.4 Å². The molecule has 2 rings (SSSR count). The fraction of sp³-hybridized carbons (Fsp3) is 0.400. The van der Waals surface area contributed by atoms with E-state index in [4.69, 9.17) is 9.47 Å². The van der Waals surface area contributed by atoms with Crippen molar-refractivity contribution in [3.63, 3.8) is 0 Å². The fourth-order valence-electron chi connectivity index (χ4n) is 2.81. The highest BCUT2D eigenvalue weighted by Crippen LogP contribution is 2.31. The van der Waals surface area contributed by atoms with Gasteiger partial charge in [-0.05, 0) is 49.6 Å². The highest BCUT2D eigenvalue weighted by Gasteiger charge is 2.20. The number of carboxylic acid groups (broad SMARTS) is 1. The minimum atomic E-state index is -0.982. The summed E-state index contributed by atoms with van der Waals surface area (Å²) in [7, 11) is 3.04. The van der Waals surface area contributed by atoms with Gasteiger partial charge in [-0.15, -0.1) is 11.3 Å². The van der Waals surface area contributed by atoms with Gasteiger partial charge in [0.15, 0.2) is 11.5 Å². The van der Waals surface area contributed by atoms with Gasteiger partial charge in [-0.25, -0.2) is 0 Å². The molecule has 146 valence electrons. The SMILES string of the molecule is COc1ccc(C(CC(=O)O)NC(=O)CCCc2ccc(C)s2)cc1OC. The summed E-state index contributed by atoms with van der Waals surface area (Å²) in [5, 5.41) is 12.0. The van der Waals surface area contributed by atoms with Crippen LogP contribution in [0.4, 0.5) is 0 Å². The molecule has 2 N–H and O–H groups in total. The summed E-state index contributed by atoms with van der Waals surface area (Å²) < 4.78 is 10.5. The standard InChI is InChI=1S/C20H25NO5S/c1-13-7-9-15(27-13)5-4-6-19(22)21-16(12-20(23)24)14-8-10-17(25-2)18(11-14)26-3/h7-11,16H,4-6,12H2,1-3H3,(H,21,22)(H,23,24). The molecular weight excluding hydrogens is 366 g/mol. The van der Waals surface area contributed by atoms with Crippen LogP contribution >= 0.6 is 11.3 Å². The van der Waals surface area contributed by atoms with Gasteiger partial charge in [-0.3, -0.25) is 9.59 Å². The summed E-state index contributed by atoms with van der Waals surface area (Å²) in [5.74, 6) is -0.103. The lowest BCUT2D eigenvalue weighted by Gasteiger charge is -2.19. The second kappa shape index (κ2) is 9.97. The summed E-state index contributed by atoms with van der Waals surface area (Å²) >= 11 is 1.73. The van der Waals surface area contributed by atoms with Gasteiger partial charge in [-0.2, -0.15) is 0 Å². The first-order valence-corrected chi connectivity index (χ1v) is 9.53. The van der Waals surface area contributed by atoms with E-state index in [1.165, 1.54) is 24.0 Å². The highest BCUT2D eigenvalue weighted by atomic mass is 32.1. The molecule has 6 nitrogen and oxygen atoms in total. The molecule has 0 saturated heterocycles. The molecule has 2 aromatic rings. The van der Waals surface area contributed by atoms with Crippen molar-refractivity contribution in [3.05, 3.63) is 45.6 Å². The summed E-state index contributed by atoms with van der Waals surface area (Å²) in [5.41, 5.74) is 0.664. The van der Waals surface area contributed by atoms with Crippen molar-refractivity contribution in [1.82, 2.24) is 5.32 Å². The Balaban J connectivity index is 2.00. The van der Waals surface area contributed by atoms with Crippen molar-refractivity contribution in [1.29, 1.82) is 0 Å². The number of aliphatic carboxylic acids is 1. The lowest BCUT2D eigenvalue weighted by molar-refractivity contribution is -0.137. The molecule has 0 bridgehead atoms. The van der Waals surface area contributed by atoms with Crippen molar-refractivity contribution in [2.24, 2.45) is 0 Å². The molecule has 1 aromatic carbocycles. The molecule has 1 heterocycles. The molecule has 1 atom stereocenters. The number of thiophene rings is 1. The van der Waals surface area contributed by atoms with Crippen LogP contribution in [0.5, 0.6) is 11.5 Å². The van der Waals surface area contributed by atoms with Crippen LogP contribution in [0.25, 0.3) is 0 Å². The minimum absolute atomic E-state index is 0.163. The smallest absolute Gasteiger partial charge is 0.305 e. The monoisotopic (exact) mass is 391 g/mol. The van der Waals surface area contributed by atoms with Crippen molar-refractivity contribution < 1.29 is 24.2 Å². The molecule has 0 fully saturated rings. The van der Waals surface area contributed by atoms with Gasteiger partial charge >= 0.3 is 5.97 Å². The number of methoxy groups -OCH3 is 2. The van der Waals surface area contributed by atoms with E-state index >= 15 is 0 Å². The van der Waals surface area contributed by atoms with E-state index in [1.807, 2.05) is 0 Å². The zero-order valence-electron chi connectivity index (χ0n) is 15.8. The average molecular weight is 391 g/mol. The number of nitrogens with one attached hydrogen (secondary N) is 1. The van der Waals surface area contributed by atoms with Gasteiger partial charge in [0.1, 0.15) is 0 Å². The van der Waals surface area contributed by atoms with Gasteiger partial charge in [0, 0.05) is 16.2 Å². The van der Waals surface area contributed by atoms with Crippen LogP contribution in [-0.4, -0.2) is 31.2 Å². The Hall–Kier alpha value is -2.54. The largest absolute Gasteiger partial charge is 0.493 e. The molecule has 0 aliphatic rings. The van der Waals surface area contributed by atoms with Crippen LogP contribution in [0, 0.1) is 6.92 Å². The quantitative estimate of drug-likeness (QED) is 0.645. The third kappa shape index (κ3) is 6.29. The van der Waals surface area contributed by atoms with Gasteiger partial charge in [0.05, 0.1) is 26.7 Å². The number of hydrogen-bond acceptors (Lipinski definition) is 5. The van der Waals surface area contributed by atoms with Crippen molar-refractivity contribution in [3.8, 4) is 11.5 Å². The van der Waals surface area contributed by atoms with E-state index < -0.39 is 12.0 Å². The summed E-state index contributed by atoms with van der Waals surface area (Å²) in [4.78, 5) is 26.1. The van der Waals surface area contributed by atoms with Crippen LogP contribution < -0.4 is 14.8 Å². The molecule has 0 spiro atoms. The van der Waals surface area contributed by atoms with Crippen LogP contribution in [0.15, 0.2) is 30.3 Å². The molecule has 7 heteroatoms. The average Bonchev–Trinajstić information content (AvgIpc) is 3.05. The first-order chi connectivity index (χ1) is 12.9. The predicted octanol–water partition coefficient (Wildman–Crippen LogP) is 3.73. The third-order valence-electron chi connectivity index (χ3n) is 4.15. The second-order valence-electron chi connectivity index (χ2n) is 6.20. The topological polar surface area (TPSA) is 84.9 Å². The maximum absolute atomic E-state index is 12.3. The number of amides is 1. The Morgan fingerprint density at radius 1 is 1.15 bits per heavy atom. The number of carboxylic acids is 1. The fourth-order valence-corrected chi connectivity index (χ4v) is 3.74. The Morgan fingerprint density at radius 3 is 2.48 bits per heavy atom. The van der Waals surface area contributed by atoms with Gasteiger partial charge < -0.3 is 19.9 Å². The number of ether oxygens (including phenoxy) is 2. The maximum atomic E-state index is 12.3. The van der Waals surface area contributed by atoms with E-state index in [1.54, 1.807) is 29.5 Å². The Labute approximate surface area is 163 Å². The van der Waals surface area contributed by atoms with E-state index in [9.17, 15) is 14.7 Å². The Bertz CT molecular complexity index is 786. The van der Waals surface area contributed by atoms with E-state index in [-0.39, 0.29) is 12.3 Å². The normalized spacial score (nSPS) is 11.7. The van der Waals surface area contributed by atoms with Crippen molar-refractivity contribution in [2.45, 2.75) is 38.6 Å². The Morgan fingerprint density at radius 2 is 1.89 bits per heavy atom. The number of benzene rings is 1. The van der Waals surface area contributed by atoms with E-state index in [0.29, 0.717) is 23.5 Å². The molecule has 0 saturated carbocycles. The first kappa shape index (κ1) is 20.8. The minimum Gasteiger partial charge on any atom is -0.493 e. The van der Waals surface area contributed by atoms with E-state index in [0.717, 1.165) is 12.8 Å². The summed E-state index contributed by atoms with van der Waals surface area (Å²) in [6, 6.07) is 8.66. The lowest BCUT2D eigenvalue weighted by Crippen LogP contribution is -2.30. The van der Waals surface area contributed by atoms with Crippen LogP contribution in [0.1, 0.15) is 40.6 Å². The third-order valence-corrected chi connectivity index (χ3v) is 5.21. The first-order valence-electron chi connectivity index (χ1n) is 8.71. The van der Waals surface area contributed by atoms with Gasteiger partial charge in [0.25, 0.3) is 0 Å². The van der Waals surface area contributed by atoms with Gasteiger partial charge in [-0.1, -0.05) is 6.07 Å². The molecule has 0 aliphatic carbocycles. The molecule has 0 radical (unpaired) electrons. The van der Waals surface area contributed by atoms with Crippen LogP contribution in [-0.2, 0) is 16.0 Å². The molecule has 27 heavy (non-hydrogen) atoms.